The number of anilines is 3. The highest BCUT2D eigenvalue weighted by atomic mass is 32.2. The summed E-state index contributed by atoms with van der Waals surface area (Å²) < 4.78 is 33.5. The predicted octanol–water partition coefficient (Wildman–Crippen LogP) is 3.23. The Morgan fingerprint density at radius 3 is 2.59 bits per heavy atom. The van der Waals surface area contributed by atoms with Crippen molar-refractivity contribution in [3.8, 4) is 17.0 Å². The second-order valence-electron chi connectivity index (χ2n) is 7.16. The molecule has 0 radical (unpaired) electrons. The Hall–Kier alpha value is -3.44. The molecular weight excluding hydrogens is 452 g/mol. The number of rotatable bonds is 5. The Balaban J connectivity index is 1.59. The highest BCUT2D eigenvalue weighted by Gasteiger charge is 2.24. The van der Waals surface area contributed by atoms with Crippen LogP contribution in [0.15, 0.2) is 47.4 Å². The van der Waals surface area contributed by atoms with Gasteiger partial charge in [-0.25, -0.2) is 13.4 Å². The molecule has 166 valence electrons. The third kappa shape index (κ3) is 4.30. The summed E-state index contributed by atoms with van der Waals surface area (Å²) in [6.07, 6.45) is 0. The van der Waals surface area contributed by atoms with Crippen LogP contribution in [0.1, 0.15) is 11.8 Å². The van der Waals surface area contributed by atoms with Gasteiger partial charge in [-0.15, -0.1) is 11.3 Å². The molecule has 1 aliphatic rings. The molecule has 0 fully saturated rings. The van der Waals surface area contributed by atoms with E-state index >= 15 is 0 Å². The molecule has 2 amide bonds. The number of hydrogen-bond donors (Lipinski definition) is 2. The van der Waals surface area contributed by atoms with Crippen molar-refractivity contribution in [1.82, 2.24) is 4.98 Å². The number of aryl methyl sites for hydroxylation is 1. The van der Waals surface area contributed by atoms with Gasteiger partial charge in [0.05, 0.1) is 16.3 Å². The number of carbonyl (C=O) groups is 2. The molecule has 4 rings (SSSR count). The zero-order chi connectivity index (χ0) is 23.0. The summed E-state index contributed by atoms with van der Waals surface area (Å²) in [5, 5.41) is 2.82. The molecule has 0 unspecified atom stereocenters. The van der Waals surface area contributed by atoms with Crippen LogP contribution in [0.4, 0.5) is 16.5 Å². The maximum absolute atomic E-state index is 12.8. The molecule has 2 aromatic carbocycles. The van der Waals surface area contributed by atoms with Gasteiger partial charge in [0, 0.05) is 30.1 Å². The predicted molar refractivity (Wildman–Crippen MR) is 123 cm³/mol. The van der Waals surface area contributed by atoms with Crippen molar-refractivity contribution < 1.29 is 22.7 Å². The lowest BCUT2D eigenvalue weighted by Gasteiger charge is -2.26. The Labute approximate surface area is 189 Å². The summed E-state index contributed by atoms with van der Waals surface area (Å²) in [5.74, 6) is 0.212. The molecule has 2 heterocycles. The zero-order valence-electron chi connectivity index (χ0n) is 17.5. The van der Waals surface area contributed by atoms with E-state index in [0.29, 0.717) is 22.8 Å². The smallest absolute Gasteiger partial charge is 0.264 e. The minimum absolute atomic E-state index is 0.00367. The lowest BCUT2D eigenvalue weighted by molar-refractivity contribution is -0.121. The van der Waals surface area contributed by atoms with Crippen LogP contribution in [-0.2, 0) is 19.6 Å². The first-order chi connectivity index (χ1) is 15.1. The van der Waals surface area contributed by atoms with Crippen molar-refractivity contribution in [1.29, 1.82) is 0 Å². The summed E-state index contributed by atoms with van der Waals surface area (Å²) in [7, 11) is -2.18. The normalized spacial score (nSPS) is 13.3. The average molecular weight is 473 g/mol. The van der Waals surface area contributed by atoms with Crippen LogP contribution in [0, 0.1) is 6.92 Å². The van der Waals surface area contributed by atoms with Crippen LogP contribution in [0.5, 0.6) is 5.75 Å². The van der Waals surface area contributed by atoms with Crippen LogP contribution < -0.4 is 19.7 Å². The summed E-state index contributed by atoms with van der Waals surface area (Å²) in [6.45, 7) is 3.22. The molecule has 0 atom stereocenters. The second kappa shape index (κ2) is 8.24. The maximum Gasteiger partial charge on any atom is 0.264 e. The van der Waals surface area contributed by atoms with Crippen LogP contribution in [-0.4, -0.2) is 38.9 Å². The zero-order valence-corrected chi connectivity index (χ0v) is 19.1. The SMILES string of the molecule is CC(=O)Nc1ccc(S(=O)(=O)Nc2nc(-c3ccc4c(c3)N(C)C(=O)CO4)c(C)s2)cc1. The minimum Gasteiger partial charge on any atom is -0.482 e. The van der Waals surface area contributed by atoms with Crippen molar-refractivity contribution in [3.05, 3.63) is 47.3 Å². The molecule has 0 spiro atoms. The number of nitrogens with zero attached hydrogens (tertiary/aromatic N) is 2. The minimum atomic E-state index is -3.86. The molecule has 1 aliphatic heterocycles. The number of sulfonamides is 1. The molecule has 0 saturated carbocycles. The number of hydrogen-bond acceptors (Lipinski definition) is 7. The maximum atomic E-state index is 12.8. The molecule has 9 nitrogen and oxygen atoms in total. The van der Waals surface area contributed by atoms with E-state index in [1.807, 2.05) is 13.0 Å². The van der Waals surface area contributed by atoms with Gasteiger partial charge in [0.25, 0.3) is 15.9 Å². The molecule has 2 N–H and O–H groups in total. The summed E-state index contributed by atoms with van der Waals surface area (Å²) in [6, 6.07) is 11.2. The molecule has 11 heteroatoms. The third-order valence-corrected chi connectivity index (χ3v) is 7.19. The number of amides is 2. The highest BCUT2D eigenvalue weighted by molar-refractivity contribution is 7.93. The first-order valence-corrected chi connectivity index (χ1v) is 11.9. The van der Waals surface area contributed by atoms with Crippen molar-refractivity contribution in [2.45, 2.75) is 18.7 Å². The van der Waals surface area contributed by atoms with Crippen molar-refractivity contribution in [3.63, 3.8) is 0 Å². The number of thiazole rings is 1. The summed E-state index contributed by atoms with van der Waals surface area (Å²) >= 11 is 1.21. The van der Waals surface area contributed by atoms with Gasteiger partial charge in [-0.2, -0.15) is 0 Å². The van der Waals surface area contributed by atoms with E-state index in [1.165, 1.54) is 47.4 Å². The molecular formula is C21H20N4O5S2. The molecule has 0 saturated heterocycles. The number of benzene rings is 2. The highest BCUT2D eigenvalue weighted by Crippen LogP contribution is 2.38. The molecule has 32 heavy (non-hydrogen) atoms. The lowest BCUT2D eigenvalue weighted by Crippen LogP contribution is -2.35. The fraction of sp³-hybridized carbons (Fsp3) is 0.190. The molecule has 3 aromatic rings. The standard InChI is InChI=1S/C21H20N4O5S2/c1-12-20(14-4-9-18-17(10-14)25(3)19(27)11-30-18)23-21(31-12)24-32(28,29)16-7-5-15(6-8-16)22-13(2)26/h4-10H,11H2,1-3H3,(H,22,26)(H,23,24). The van der Waals surface area contributed by atoms with Gasteiger partial charge >= 0.3 is 0 Å². The monoisotopic (exact) mass is 472 g/mol. The van der Waals surface area contributed by atoms with Gasteiger partial charge in [-0.1, -0.05) is 0 Å². The Kier molecular flexibility index (Phi) is 5.61. The van der Waals surface area contributed by atoms with E-state index in [9.17, 15) is 18.0 Å². The number of likely N-dealkylation sites (N-methyl/N-ethyl adjacent to an activating group) is 1. The van der Waals surface area contributed by atoms with Crippen LogP contribution in [0.25, 0.3) is 11.3 Å². The fourth-order valence-electron chi connectivity index (χ4n) is 3.22. The van der Waals surface area contributed by atoms with E-state index in [4.69, 9.17) is 4.74 Å². The molecule has 0 aliphatic carbocycles. The van der Waals surface area contributed by atoms with Crippen molar-refractivity contribution >= 4 is 49.7 Å². The van der Waals surface area contributed by atoms with Gasteiger partial charge in [-0.3, -0.25) is 14.3 Å². The van der Waals surface area contributed by atoms with E-state index in [0.717, 1.165) is 10.4 Å². The summed E-state index contributed by atoms with van der Waals surface area (Å²) in [5.41, 5.74) is 2.49. The van der Waals surface area contributed by atoms with Gasteiger partial charge in [0.15, 0.2) is 11.7 Å². The number of fused-ring (bicyclic) bond motifs is 1. The molecule has 0 bridgehead atoms. The quantitative estimate of drug-likeness (QED) is 0.589. The summed E-state index contributed by atoms with van der Waals surface area (Å²) in [4.78, 5) is 29.9. The van der Waals surface area contributed by atoms with Crippen molar-refractivity contribution in [2.75, 3.05) is 28.6 Å². The topological polar surface area (TPSA) is 118 Å². The van der Waals surface area contributed by atoms with Gasteiger partial charge in [0.1, 0.15) is 5.75 Å². The lowest BCUT2D eigenvalue weighted by atomic mass is 10.1. The average Bonchev–Trinajstić information content (AvgIpc) is 3.10. The van der Waals surface area contributed by atoms with Crippen LogP contribution in [0.3, 0.4) is 0 Å². The van der Waals surface area contributed by atoms with E-state index < -0.39 is 10.0 Å². The van der Waals surface area contributed by atoms with E-state index in [-0.39, 0.29) is 28.4 Å². The van der Waals surface area contributed by atoms with Crippen LogP contribution in [0.2, 0.25) is 0 Å². The third-order valence-electron chi connectivity index (χ3n) is 4.82. The van der Waals surface area contributed by atoms with Gasteiger partial charge in [0.2, 0.25) is 5.91 Å². The van der Waals surface area contributed by atoms with Crippen LogP contribution >= 0.6 is 11.3 Å². The number of nitrogens with one attached hydrogen (secondary N) is 2. The Morgan fingerprint density at radius 1 is 1.19 bits per heavy atom. The second-order valence-corrected chi connectivity index (χ2v) is 10.0. The first-order valence-electron chi connectivity index (χ1n) is 9.56. The van der Waals surface area contributed by atoms with Gasteiger partial charge < -0.3 is 15.0 Å². The van der Waals surface area contributed by atoms with E-state index in [2.05, 4.69) is 15.0 Å². The molecule has 1 aromatic heterocycles. The fourth-order valence-corrected chi connectivity index (χ4v) is 5.29. The Bertz CT molecular complexity index is 1320. The Morgan fingerprint density at radius 2 is 1.91 bits per heavy atom. The largest absolute Gasteiger partial charge is 0.482 e. The first kappa shape index (κ1) is 21.8. The number of carbonyl (C=O) groups excluding carboxylic acids is 2. The van der Waals surface area contributed by atoms with E-state index in [1.54, 1.807) is 19.2 Å². The van der Waals surface area contributed by atoms with Gasteiger partial charge in [-0.05, 0) is 49.4 Å². The number of aromatic nitrogens is 1. The number of ether oxygens (including phenoxy) is 1. The van der Waals surface area contributed by atoms with Crippen molar-refractivity contribution in [2.24, 2.45) is 0 Å².